The highest BCUT2D eigenvalue weighted by atomic mass is 16.1. The minimum Gasteiger partial charge on any atom is -0.299 e. The van der Waals surface area contributed by atoms with E-state index in [0.29, 0.717) is 22.5 Å². The maximum atomic E-state index is 12.4. The van der Waals surface area contributed by atoms with E-state index in [0.717, 1.165) is 30.6 Å². The van der Waals surface area contributed by atoms with Gasteiger partial charge in [-0.3, -0.25) is 4.79 Å². The SMILES string of the molecule is CC(C)=CCC[C@@H](C)C1CCC2C3=C(CC[C@@]21C)[C@@]1(C)CCC(=O)C(C)[C@@H]1CC3. The summed E-state index contributed by atoms with van der Waals surface area (Å²) in [5.41, 5.74) is 5.99. The molecule has 29 heavy (non-hydrogen) atoms. The smallest absolute Gasteiger partial charge is 0.136 e. The molecule has 1 heteroatoms. The Morgan fingerprint density at radius 1 is 1.10 bits per heavy atom. The summed E-state index contributed by atoms with van der Waals surface area (Å²) in [6.07, 6.45) is 15.1. The molecule has 162 valence electrons. The number of Topliss-reactive ketones (excluding diaryl/α,β-unsaturated/α-hetero) is 1. The molecule has 0 amide bonds. The summed E-state index contributed by atoms with van der Waals surface area (Å²) in [4.78, 5) is 12.4. The zero-order chi connectivity index (χ0) is 21.0. The highest BCUT2D eigenvalue weighted by Crippen LogP contribution is 2.66. The van der Waals surface area contributed by atoms with Crippen LogP contribution in [0.5, 0.6) is 0 Å². The zero-order valence-electron chi connectivity index (χ0n) is 19.9. The fourth-order valence-electron chi connectivity index (χ4n) is 8.54. The third-order valence-electron chi connectivity index (χ3n) is 10.2. The van der Waals surface area contributed by atoms with Crippen molar-refractivity contribution in [3.63, 3.8) is 0 Å². The molecule has 1 nitrogen and oxygen atoms in total. The molecule has 0 spiro atoms. The van der Waals surface area contributed by atoms with Crippen molar-refractivity contribution in [3.05, 3.63) is 22.8 Å². The predicted octanol–water partition coefficient (Wildman–Crippen LogP) is 7.91. The van der Waals surface area contributed by atoms with Gasteiger partial charge in [0.05, 0.1) is 0 Å². The summed E-state index contributed by atoms with van der Waals surface area (Å²) in [6, 6.07) is 0. The lowest BCUT2D eigenvalue weighted by atomic mass is 9.49. The number of hydrogen-bond acceptors (Lipinski definition) is 1. The lowest BCUT2D eigenvalue weighted by Gasteiger charge is -2.55. The van der Waals surface area contributed by atoms with Gasteiger partial charge >= 0.3 is 0 Å². The zero-order valence-corrected chi connectivity index (χ0v) is 19.9. The molecule has 0 radical (unpaired) electrons. The molecular weight excluding hydrogens is 352 g/mol. The predicted molar refractivity (Wildman–Crippen MR) is 123 cm³/mol. The van der Waals surface area contributed by atoms with E-state index in [1.807, 2.05) is 11.1 Å². The van der Waals surface area contributed by atoms with Crippen molar-refractivity contribution < 1.29 is 4.79 Å². The van der Waals surface area contributed by atoms with E-state index in [1.165, 1.54) is 56.9 Å². The summed E-state index contributed by atoms with van der Waals surface area (Å²) in [6.45, 7) is 14.4. The molecule has 2 fully saturated rings. The lowest BCUT2D eigenvalue weighted by Crippen LogP contribution is -2.47. The molecule has 4 aliphatic carbocycles. The van der Waals surface area contributed by atoms with Gasteiger partial charge in [0.2, 0.25) is 0 Å². The van der Waals surface area contributed by atoms with E-state index in [1.54, 1.807) is 0 Å². The summed E-state index contributed by atoms with van der Waals surface area (Å²) < 4.78 is 0. The highest BCUT2D eigenvalue weighted by molar-refractivity contribution is 5.82. The minimum atomic E-state index is 0.280. The topological polar surface area (TPSA) is 17.1 Å². The van der Waals surface area contributed by atoms with Crippen LogP contribution in [0, 0.1) is 40.4 Å². The third-order valence-corrected chi connectivity index (χ3v) is 10.2. The van der Waals surface area contributed by atoms with E-state index in [4.69, 9.17) is 0 Å². The largest absolute Gasteiger partial charge is 0.299 e. The quantitative estimate of drug-likeness (QED) is 0.441. The Bertz CT molecular complexity index is 723. The van der Waals surface area contributed by atoms with Crippen LogP contribution in [0.3, 0.4) is 0 Å². The van der Waals surface area contributed by atoms with Crippen LogP contribution in [0.25, 0.3) is 0 Å². The van der Waals surface area contributed by atoms with Gasteiger partial charge in [0.15, 0.2) is 0 Å². The number of hydrogen-bond donors (Lipinski definition) is 0. The first-order chi connectivity index (χ1) is 13.7. The molecule has 0 bridgehead atoms. The maximum absolute atomic E-state index is 12.4. The van der Waals surface area contributed by atoms with Crippen LogP contribution in [-0.4, -0.2) is 5.78 Å². The van der Waals surface area contributed by atoms with Gasteiger partial charge in [-0.05, 0) is 106 Å². The van der Waals surface area contributed by atoms with Crippen molar-refractivity contribution in [2.24, 2.45) is 40.4 Å². The Morgan fingerprint density at radius 3 is 2.59 bits per heavy atom. The number of carbonyl (C=O) groups excluding carboxylic acids is 1. The van der Waals surface area contributed by atoms with Gasteiger partial charge in [-0.15, -0.1) is 0 Å². The van der Waals surface area contributed by atoms with Gasteiger partial charge in [0.1, 0.15) is 5.78 Å². The van der Waals surface area contributed by atoms with Gasteiger partial charge in [-0.1, -0.05) is 50.5 Å². The number of fused-ring (bicyclic) bond motifs is 4. The van der Waals surface area contributed by atoms with Crippen LogP contribution in [0.4, 0.5) is 0 Å². The normalized spacial score (nSPS) is 42.8. The summed E-state index contributed by atoms with van der Waals surface area (Å²) in [5.74, 6) is 3.97. The standard InChI is InChI=1S/C28H44O/c1-18(2)8-7-9-19(3)22-12-13-24-21-10-11-23-20(4)26(29)15-17-28(23,6)25(21)14-16-27(22,24)5/h8,19-20,22-24H,7,9-17H2,1-6H3/t19-,20?,22?,23+,24?,27-,28+/m1/s1. The Balaban J connectivity index is 1.57. The molecule has 0 aliphatic heterocycles. The van der Waals surface area contributed by atoms with E-state index in [9.17, 15) is 4.79 Å². The molecule has 0 aromatic carbocycles. The second kappa shape index (κ2) is 7.69. The van der Waals surface area contributed by atoms with Gasteiger partial charge in [-0.25, -0.2) is 0 Å². The van der Waals surface area contributed by atoms with Crippen molar-refractivity contribution in [2.75, 3.05) is 0 Å². The first-order valence-electron chi connectivity index (χ1n) is 12.6. The molecule has 0 saturated heterocycles. The molecule has 0 aromatic rings. The van der Waals surface area contributed by atoms with Crippen molar-refractivity contribution in [3.8, 4) is 0 Å². The van der Waals surface area contributed by atoms with Crippen molar-refractivity contribution >= 4 is 5.78 Å². The molecule has 2 saturated carbocycles. The summed E-state index contributed by atoms with van der Waals surface area (Å²) >= 11 is 0. The number of allylic oxidation sites excluding steroid dienone is 4. The lowest BCUT2D eigenvalue weighted by molar-refractivity contribution is -0.130. The fourth-order valence-corrected chi connectivity index (χ4v) is 8.54. The van der Waals surface area contributed by atoms with Crippen LogP contribution in [-0.2, 0) is 4.79 Å². The van der Waals surface area contributed by atoms with Crippen molar-refractivity contribution in [1.29, 1.82) is 0 Å². The first-order valence-corrected chi connectivity index (χ1v) is 12.6. The van der Waals surface area contributed by atoms with E-state index < -0.39 is 0 Å². The molecule has 3 unspecified atom stereocenters. The van der Waals surface area contributed by atoms with Gasteiger partial charge in [0.25, 0.3) is 0 Å². The Morgan fingerprint density at radius 2 is 1.86 bits per heavy atom. The van der Waals surface area contributed by atoms with E-state index in [-0.39, 0.29) is 5.92 Å². The van der Waals surface area contributed by atoms with Crippen molar-refractivity contribution in [2.45, 2.75) is 106 Å². The molecular formula is C28H44O. The number of rotatable bonds is 4. The minimum absolute atomic E-state index is 0.280. The Labute approximate surface area is 179 Å². The Kier molecular flexibility index (Phi) is 5.67. The average Bonchev–Trinajstić information content (AvgIpc) is 3.02. The monoisotopic (exact) mass is 396 g/mol. The van der Waals surface area contributed by atoms with E-state index >= 15 is 0 Å². The molecule has 7 atom stereocenters. The van der Waals surface area contributed by atoms with E-state index in [2.05, 4.69) is 47.6 Å². The molecule has 4 rings (SSSR count). The van der Waals surface area contributed by atoms with Gasteiger partial charge in [-0.2, -0.15) is 0 Å². The maximum Gasteiger partial charge on any atom is 0.136 e. The van der Waals surface area contributed by atoms with Gasteiger partial charge in [0, 0.05) is 12.3 Å². The number of ketones is 1. The third kappa shape index (κ3) is 3.39. The van der Waals surface area contributed by atoms with Crippen LogP contribution in [0.1, 0.15) is 106 Å². The Hall–Kier alpha value is -0.850. The fraction of sp³-hybridized carbons (Fsp3) is 0.821. The summed E-state index contributed by atoms with van der Waals surface area (Å²) in [5, 5.41) is 0. The van der Waals surface area contributed by atoms with Crippen LogP contribution in [0.2, 0.25) is 0 Å². The van der Waals surface area contributed by atoms with Crippen LogP contribution < -0.4 is 0 Å². The first kappa shape index (κ1) is 21.4. The number of carbonyl (C=O) groups is 1. The van der Waals surface area contributed by atoms with Gasteiger partial charge < -0.3 is 0 Å². The van der Waals surface area contributed by atoms with Crippen LogP contribution >= 0.6 is 0 Å². The molecule has 0 heterocycles. The molecule has 4 aliphatic rings. The van der Waals surface area contributed by atoms with Crippen LogP contribution in [0.15, 0.2) is 22.8 Å². The second-order valence-electron chi connectivity index (χ2n) is 11.9. The molecule has 0 N–H and O–H groups in total. The second-order valence-corrected chi connectivity index (χ2v) is 11.9. The summed E-state index contributed by atoms with van der Waals surface area (Å²) in [7, 11) is 0. The van der Waals surface area contributed by atoms with Crippen molar-refractivity contribution in [1.82, 2.24) is 0 Å². The molecule has 0 aromatic heterocycles. The highest BCUT2D eigenvalue weighted by Gasteiger charge is 2.56. The average molecular weight is 397 g/mol.